The fourth-order valence-corrected chi connectivity index (χ4v) is 6.06. The first-order valence-electron chi connectivity index (χ1n) is 7.90. The Hall–Kier alpha value is -1.67. The molecule has 3 aromatic rings. The average molecular weight is 494 g/mol. The topological polar surface area (TPSA) is 94.8 Å². The van der Waals surface area contributed by atoms with Gasteiger partial charge in [-0.05, 0) is 24.3 Å². The summed E-state index contributed by atoms with van der Waals surface area (Å²) in [5.74, 6) is -1.13. The quantitative estimate of drug-likeness (QED) is 0.311. The second-order valence-electron chi connectivity index (χ2n) is 6.06. The van der Waals surface area contributed by atoms with Crippen molar-refractivity contribution in [3.8, 4) is 11.5 Å². The van der Waals surface area contributed by atoms with Gasteiger partial charge in [-0.3, -0.25) is 4.55 Å². The molecule has 0 aliphatic heterocycles. The maximum atomic E-state index is 13.0. The number of phenolic OH excluding ortho intramolecular Hbond substituents is 2. The van der Waals surface area contributed by atoms with Gasteiger partial charge in [0, 0.05) is 37.8 Å². The summed E-state index contributed by atoms with van der Waals surface area (Å²) in [6.07, 6.45) is 0. The summed E-state index contributed by atoms with van der Waals surface area (Å²) >= 11 is 25.2. The smallest absolute Gasteiger partial charge is 0.283 e. The van der Waals surface area contributed by atoms with Crippen LogP contribution in [-0.2, 0) is 14.9 Å². The molecule has 0 bridgehead atoms. The predicted molar refractivity (Wildman–Crippen MR) is 114 cm³/mol. The summed E-state index contributed by atoms with van der Waals surface area (Å²) in [4.78, 5) is 0. The van der Waals surface area contributed by atoms with Crippen molar-refractivity contribution in [2.24, 2.45) is 0 Å². The molecule has 10 heteroatoms. The van der Waals surface area contributed by atoms with Gasteiger partial charge in [0.1, 0.15) is 11.5 Å². The standard InChI is InChI=1S/C19H12Cl4O5S/c20-13-5-2-1-4-11(13)19(29(26,27)28,17-14(21)6-3-7-15(17)22)12-8-10(24)9-16(25)18(12)23/h1-9,24-25H,(H,26,27,28). The maximum absolute atomic E-state index is 13.0. The van der Waals surface area contributed by atoms with E-state index in [-0.39, 0.29) is 31.8 Å². The van der Waals surface area contributed by atoms with Gasteiger partial charge in [0.25, 0.3) is 10.1 Å². The number of phenols is 2. The first-order valence-corrected chi connectivity index (χ1v) is 10.9. The molecule has 0 aliphatic carbocycles. The van der Waals surface area contributed by atoms with E-state index >= 15 is 0 Å². The van der Waals surface area contributed by atoms with E-state index in [4.69, 9.17) is 46.4 Å². The lowest BCUT2D eigenvalue weighted by Crippen LogP contribution is -2.39. The fourth-order valence-electron chi connectivity index (χ4n) is 3.25. The van der Waals surface area contributed by atoms with E-state index in [1.54, 1.807) is 6.07 Å². The zero-order valence-corrected chi connectivity index (χ0v) is 18.1. The molecule has 5 nitrogen and oxygen atoms in total. The monoisotopic (exact) mass is 492 g/mol. The minimum absolute atomic E-state index is 0.0555. The van der Waals surface area contributed by atoms with Crippen LogP contribution in [0.5, 0.6) is 11.5 Å². The molecule has 0 aliphatic rings. The lowest BCUT2D eigenvalue weighted by atomic mass is 9.83. The van der Waals surface area contributed by atoms with Crippen molar-refractivity contribution in [1.82, 2.24) is 0 Å². The zero-order chi connectivity index (χ0) is 21.6. The predicted octanol–water partition coefficient (Wildman–Crippen LogP) is 5.89. The van der Waals surface area contributed by atoms with Crippen molar-refractivity contribution < 1.29 is 23.2 Å². The Morgan fingerprint density at radius 2 is 1.31 bits per heavy atom. The molecule has 29 heavy (non-hydrogen) atoms. The summed E-state index contributed by atoms with van der Waals surface area (Å²) < 4.78 is 34.1. The molecule has 3 N–H and O–H groups in total. The Morgan fingerprint density at radius 1 is 0.759 bits per heavy atom. The minimum atomic E-state index is -5.17. The highest BCUT2D eigenvalue weighted by Crippen LogP contribution is 2.54. The van der Waals surface area contributed by atoms with Gasteiger partial charge in [-0.1, -0.05) is 70.7 Å². The van der Waals surface area contributed by atoms with Crippen molar-refractivity contribution in [3.05, 3.63) is 91.4 Å². The van der Waals surface area contributed by atoms with Gasteiger partial charge in [0.05, 0.1) is 5.02 Å². The number of rotatable bonds is 4. The van der Waals surface area contributed by atoms with Gasteiger partial charge in [0.15, 0.2) is 4.75 Å². The van der Waals surface area contributed by atoms with Crippen molar-refractivity contribution in [2.45, 2.75) is 4.75 Å². The third-order valence-corrected chi connectivity index (χ3v) is 7.15. The Morgan fingerprint density at radius 3 is 1.86 bits per heavy atom. The van der Waals surface area contributed by atoms with E-state index in [9.17, 15) is 23.2 Å². The second kappa shape index (κ2) is 7.87. The van der Waals surface area contributed by atoms with E-state index in [0.717, 1.165) is 12.1 Å². The van der Waals surface area contributed by atoms with Crippen LogP contribution in [0.2, 0.25) is 20.1 Å². The van der Waals surface area contributed by atoms with Crippen LogP contribution in [0.3, 0.4) is 0 Å². The molecule has 3 rings (SSSR count). The van der Waals surface area contributed by atoms with Crippen LogP contribution in [0.25, 0.3) is 0 Å². The van der Waals surface area contributed by atoms with Crippen molar-refractivity contribution in [3.63, 3.8) is 0 Å². The second-order valence-corrected chi connectivity index (χ2v) is 9.22. The van der Waals surface area contributed by atoms with Crippen molar-refractivity contribution in [1.29, 1.82) is 0 Å². The molecule has 0 fully saturated rings. The number of hydrogen-bond acceptors (Lipinski definition) is 4. The van der Waals surface area contributed by atoms with Crippen LogP contribution in [0.4, 0.5) is 0 Å². The summed E-state index contributed by atoms with van der Waals surface area (Å²) in [7, 11) is -5.17. The highest BCUT2D eigenvalue weighted by atomic mass is 35.5. The molecular formula is C19H12Cl4O5S. The Kier molecular flexibility index (Phi) is 5.98. The summed E-state index contributed by atoms with van der Waals surface area (Å²) in [6.45, 7) is 0. The van der Waals surface area contributed by atoms with Gasteiger partial charge >= 0.3 is 0 Å². The molecule has 0 aromatic heterocycles. The molecular weight excluding hydrogens is 482 g/mol. The highest BCUT2D eigenvalue weighted by molar-refractivity contribution is 7.87. The minimum Gasteiger partial charge on any atom is -0.508 e. The average Bonchev–Trinajstić information content (AvgIpc) is 2.61. The summed E-state index contributed by atoms with van der Waals surface area (Å²) in [5, 5.41) is 19.5. The SMILES string of the molecule is O=S(=O)(O)C(c1ccccc1Cl)(c1cc(O)cc(O)c1Cl)c1c(Cl)cccc1Cl. The normalized spacial score (nSPS) is 13.8. The molecule has 152 valence electrons. The fraction of sp³-hybridized carbons (Fsp3) is 0.0526. The van der Waals surface area contributed by atoms with Crippen molar-refractivity contribution >= 4 is 56.5 Å². The first kappa shape index (κ1) is 22.0. The molecule has 1 atom stereocenters. The van der Waals surface area contributed by atoms with E-state index in [1.165, 1.54) is 36.4 Å². The van der Waals surface area contributed by atoms with Crippen LogP contribution in [0, 0.1) is 0 Å². The molecule has 0 spiro atoms. The summed E-state index contributed by atoms with van der Waals surface area (Å²) in [5.41, 5.74) is -0.765. The molecule has 3 aromatic carbocycles. The molecule has 0 radical (unpaired) electrons. The molecule has 0 amide bonds. The third-order valence-electron chi connectivity index (χ3n) is 4.37. The zero-order valence-electron chi connectivity index (χ0n) is 14.3. The van der Waals surface area contributed by atoms with E-state index in [2.05, 4.69) is 0 Å². The van der Waals surface area contributed by atoms with E-state index < -0.39 is 31.4 Å². The van der Waals surface area contributed by atoms with Crippen molar-refractivity contribution in [2.75, 3.05) is 0 Å². The Bertz CT molecular complexity index is 1190. The first-order chi connectivity index (χ1) is 13.5. The van der Waals surface area contributed by atoms with Gasteiger partial charge in [-0.25, -0.2) is 0 Å². The Balaban J connectivity index is 2.71. The largest absolute Gasteiger partial charge is 0.508 e. The highest BCUT2D eigenvalue weighted by Gasteiger charge is 2.53. The molecule has 0 saturated heterocycles. The van der Waals surface area contributed by atoms with E-state index in [0.29, 0.717) is 0 Å². The van der Waals surface area contributed by atoms with Crippen LogP contribution in [-0.4, -0.2) is 23.2 Å². The number of hydrogen-bond donors (Lipinski definition) is 3. The lowest BCUT2D eigenvalue weighted by Gasteiger charge is -2.35. The number of benzene rings is 3. The molecule has 1 unspecified atom stereocenters. The summed E-state index contributed by atoms with van der Waals surface area (Å²) in [6, 6.07) is 11.9. The van der Waals surface area contributed by atoms with E-state index in [1.807, 2.05) is 0 Å². The van der Waals surface area contributed by atoms with Gasteiger partial charge in [-0.2, -0.15) is 8.42 Å². The van der Waals surface area contributed by atoms with Gasteiger partial charge < -0.3 is 10.2 Å². The third kappa shape index (κ3) is 3.54. The van der Waals surface area contributed by atoms with Crippen LogP contribution in [0.15, 0.2) is 54.6 Å². The molecule has 0 saturated carbocycles. The van der Waals surface area contributed by atoms with Crippen LogP contribution < -0.4 is 0 Å². The van der Waals surface area contributed by atoms with Crippen LogP contribution in [0.1, 0.15) is 16.7 Å². The maximum Gasteiger partial charge on any atom is 0.283 e. The van der Waals surface area contributed by atoms with Crippen LogP contribution >= 0.6 is 46.4 Å². The number of halogens is 4. The molecule has 0 heterocycles. The van der Waals surface area contributed by atoms with Gasteiger partial charge in [-0.15, -0.1) is 0 Å². The Labute approximate surface area is 186 Å². The van der Waals surface area contributed by atoms with Gasteiger partial charge in [0.2, 0.25) is 0 Å². The number of aromatic hydroxyl groups is 2. The lowest BCUT2D eigenvalue weighted by molar-refractivity contribution is 0.444.